The lowest BCUT2D eigenvalue weighted by atomic mass is 9.33. The molecule has 7 nitrogen and oxygen atoms in total. The molecule has 0 saturated heterocycles. The third-order valence-corrected chi connectivity index (χ3v) is 14.3. The molecule has 1 unspecified atom stereocenters. The number of carbonyl (C=O) groups is 1. The van der Waals surface area contributed by atoms with Crippen LogP contribution in [-0.4, -0.2) is 26.3 Å². The van der Waals surface area contributed by atoms with Crippen molar-refractivity contribution in [2.75, 3.05) is 11.5 Å². The summed E-state index contributed by atoms with van der Waals surface area (Å²) in [4.78, 5) is 17.3. The van der Waals surface area contributed by atoms with Gasteiger partial charge in [0.1, 0.15) is 11.6 Å². The van der Waals surface area contributed by atoms with Crippen molar-refractivity contribution in [3.63, 3.8) is 0 Å². The van der Waals surface area contributed by atoms with Gasteiger partial charge in [-0.25, -0.2) is 4.98 Å². The summed E-state index contributed by atoms with van der Waals surface area (Å²) in [7, 11) is 0. The summed E-state index contributed by atoms with van der Waals surface area (Å²) in [5.41, 5.74) is 19.2. The van der Waals surface area contributed by atoms with Crippen molar-refractivity contribution in [1.29, 1.82) is 0 Å². The molecule has 5 aliphatic carbocycles. The van der Waals surface area contributed by atoms with Crippen molar-refractivity contribution in [3.05, 3.63) is 40.7 Å². The molecule has 2 heterocycles. The van der Waals surface area contributed by atoms with E-state index >= 15 is 0 Å². The van der Waals surface area contributed by atoms with Gasteiger partial charge >= 0.3 is 5.97 Å². The number of aromatic nitrogens is 3. The number of aromatic amines is 1. The van der Waals surface area contributed by atoms with Gasteiger partial charge < -0.3 is 16.6 Å². The zero-order valence-corrected chi connectivity index (χ0v) is 27.2. The second-order valence-corrected chi connectivity index (χ2v) is 17.2. The number of pyridine rings is 1. The summed E-state index contributed by atoms with van der Waals surface area (Å²) < 4.78 is 0. The molecule has 6 N–H and O–H groups in total. The van der Waals surface area contributed by atoms with Crippen molar-refractivity contribution >= 4 is 23.2 Å². The minimum Gasteiger partial charge on any atom is -0.481 e. The van der Waals surface area contributed by atoms with Crippen molar-refractivity contribution in [2.45, 2.75) is 105 Å². The summed E-state index contributed by atoms with van der Waals surface area (Å²) in [6.07, 6.45) is 10.1. The second kappa shape index (κ2) is 8.88. The molecule has 43 heavy (non-hydrogen) atoms. The number of nitrogens with one attached hydrogen (secondary N) is 1. The lowest BCUT2D eigenvalue weighted by molar-refractivity contribution is -0.161. The normalized spacial score (nSPS) is 40.9. The minimum atomic E-state index is -0.617. The van der Waals surface area contributed by atoms with Crippen LogP contribution in [0, 0.1) is 51.2 Å². The van der Waals surface area contributed by atoms with E-state index in [1.54, 1.807) is 5.57 Å². The van der Waals surface area contributed by atoms with Gasteiger partial charge in [-0.3, -0.25) is 9.89 Å². The molecule has 3 saturated carbocycles. The van der Waals surface area contributed by atoms with Crippen LogP contribution in [0.1, 0.15) is 110 Å². The van der Waals surface area contributed by atoms with Gasteiger partial charge in [-0.05, 0) is 120 Å². The number of rotatable bonds is 2. The van der Waals surface area contributed by atoms with Gasteiger partial charge in [0.25, 0.3) is 0 Å². The Bertz CT molecular complexity index is 1520. The van der Waals surface area contributed by atoms with E-state index in [0.29, 0.717) is 23.5 Å². The molecular formula is C36H51N5O2. The fraction of sp³-hybridized carbons (Fsp3) is 0.694. The molecule has 2 aromatic rings. The first kappa shape index (κ1) is 28.9. The first-order valence-corrected chi connectivity index (χ1v) is 16.5. The van der Waals surface area contributed by atoms with Gasteiger partial charge in [-0.2, -0.15) is 5.10 Å². The maximum Gasteiger partial charge on any atom is 0.306 e. The Hall–Kier alpha value is -2.83. The van der Waals surface area contributed by atoms with Gasteiger partial charge in [0.15, 0.2) is 0 Å². The summed E-state index contributed by atoms with van der Waals surface area (Å²) in [6.45, 7) is 17.1. The summed E-state index contributed by atoms with van der Waals surface area (Å²) in [5.74, 6) is 1.66. The van der Waals surface area contributed by atoms with E-state index in [0.717, 1.165) is 44.1 Å². The van der Waals surface area contributed by atoms with E-state index in [2.05, 4.69) is 69.7 Å². The second-order valence-electron chi connectivity index (χ2n) is 17.2. The molecule has 0 aromatic carbocycles. The summed E-state index contributed by atoms with van der Waals surface area (Å²) >= 11 is 0. The van der Waals surface area contributed by atoms with Crippen LogP contribution >= 0.6 is 0 Å². The van der Waals surface area contributed by atoms with Gasteiger partial charge in [0, 0.05) is 22.9 Å². The van der Waals surface area contributed by atoms with Gasteiger partial charge in [0.2, 0.25) is 0 Å². The van der Waals surface area contributed by atoms with E-state index in [-0.39, 0.29) is 44.8 Å². The number of allylic oxidation sites excluding steroid dienone is 2. The molecule has 3 fully saturated rings. The van der Waals surface area contributed by atoms with Crippen molar-refractivity contribution in [1.82, 2.24) is 15.2 Å². The van der Waals surface area contributed by atoms with Crippen molar-refractivity contribution in [3.8, 4) is 0 Å². The number of H-pyrrole nitrogens is 1. The number of nitrogens with two attached hydrogens (primary N) is 2. The van der Waals surface area contributed by atoms with Gasteiger partial charge in [-0.15, -0.1) is 0 Å². The lowest BCUT2D eigenvalue weighted by Gasteiger charge is -2.70. The molecule has 0 aliphatic heterocycles. The number of carboxylic acids is 1. The topological polar surface area (TPSA) is 131 Å². The van der Waals surface area contributed by atoms with Crippen LogP contribution in [0.25, 0.3) is 5.57 Å². The number of fused-ring (bicyclic) bond motifs is 8. The number of hydrogen-bond donors (Lipinski definition) is 4. The third-order valence-electron chi connectivity index (χ3n) is 14.3. The van der Waals surface area contributed by atoms with Gasteiger partial charge in [-0.1, -0.05) is 54.0 Å². The number of nitrogen functional groups attached to an aromatic ring is 2. The average Bonchev–Trinajstić information content (AvgIpc) is 3.28. The molecule has 0 spiro atoms. The van der Waals surface area contributed by atoms with Crippen molar-refractivity contribution < 1.29 is 9.90 Å². The number of aliphatic carboxylic acids is 1. The Labute approximate surface area is 256 Å². The maximum atomic E-state index is 12.7. The molecule has 232 valence electrons. The van der Waals surface area contributed by atoms with E-state index in [1.165, 1.54) is 29.7 Å². The molecular weight excluding hydrogens is 534 g/mol. The zero-order valence-electron chi connectivity index (χ0n) is 27.2. The number of anilines is 2. The number of carboxylic acid groups (broad SMARTS) is 1. The summed E-state index contributed by atoms with van der Waals surface area (Å²) in [5, 5.41) is 18.3. The zero-order chi connectivity index (χ0) is 30.9. The van der Waals surface area contributed by atoms with Crippen LogP contribution in [-0.2, 0) is 16.6 Å². The van der Waals surface area contributed by atoms with Crippen LogP contribution in [0.4, 0.5) is 11.6 Å². The lowest BCUT2D eigenvalue weighted by Crippen LogP contribution is -2.64. The Balaban J connectivity index is 1.45. The first-order valence-electron chi connectivity index (χ1n) is 16.5. The Morgan fingerprint density at radius 1 is 1.00 bits per heavy atom. The SMILES string of the molecule is CC1(C)C[C@@H]2C3=C(c4ccc(N)nc4)CC4[C@@]5(C)Cc6c(N)n[nH]c6C(C)(C)[C@@H]5CC[C@@]4(C)[C@]3(C)CC[C@@H]2[C@H](C(=O)O)C1. The van der Waals surface area contributed by atoms with E-state index < -0.39 is 5.97 Å². The van der Waals surface area contributed by atoms with Crippen molar-refractivity contribution in [2.24, 2.45) is 51.2 Å². The monoisotopic (exact) mass is 585 g/mol. The summed E-state index contributed by atoms with van der Waals surface area (Å²) in [6, 6.07) is 4.10. The smallest absolute Gasteiger partial charge is 0.306 e. The Kier molecular flexibility index (Phi) is 5.97. The predicted molar refractivity (Wildman–Crippen MR) is 171 cm³/mol. The molecule has 0 radical (unpaired) electrons. The van der Waals surface area contributed by atoms with E-state index in [9.17, 15) is 9.90 Å². The Morgan fingerprint density at radius 3 is 2.42 bits per heavy atom. The standard InChI is InChI=1S/C36H51N5O2/c1-32(2)15-22-20(23(16-32)31(42)43)10-12-36(7)28(22)21(19-8-9-27(37)39-18-19)14-26-34(5)17-24-29(40-41-30(24)38)33(3,4)25(34)11-13-35(26,36)6/h8-9,18,20,22-23,25-26H,10-17H2,1-7H3,(H2,37,39)(H,42,43)(H3,38,40,41)/t20-,22-,23+,25-,26?,34-,35+,36+/m0/s1. The molecule has 2 aromatic heterocycles. The Morgan fingerprint density at radius 2 is 1.74 bits per heavy atom. The highest BCUT2D eigenvalue weighted by molar-refractivity contribution is 5.75. The van der Waals surface area contributed by atoms with Crippen LogP contribution < -0.4 is 11.5 Å². The van der Waals surface area contributed by atoms with E-state index in [4.69, 9.17) is 11.5 Å². The van der Waals surface area contributed by atoms with Gasteiger partial charge in [0.05, 0.1) is 5.92 Å². The highest BCUT2D eigenvalue weighted by Crippen LogP contribution is 2.76. The highest BCUT2D eigenvalue weighted by atomic mass is 16.4. The molecule has 5 aliphatic rings. The predicted octanol–water partition coefficient (Wildman–Crippen LogP) is 7.25. The highest BCUT2D eigenvalue weighted by Gasteiger charge is 2.68. The third kappa shape index (κ3) is 3.75. The molecule has 8 atom stereocenters. The van der Waals surface area contributed by atoms with Crippen LogP contribution in [0.3, 0.4) is 0 Å². The molecule has 0 bridgehead atoms. The number of nitrogens with zero attached hydrogens (tertiary/aromatic N) is 2. The first-order chi connectivity index (χ1) is 20.0. The molecule has 7 heteroatoms. The molecule has 0 amide bonds. The average molecular weight is 586 g/mol. The van der Waals surface area contributed by atoms with Crippen LogP contribution in [0.2, 0.25) is 0 Å². The molecule has 7 rings (SSSR count). The van der Waals surface area contributed by atoms with E-state index in [1.807, 2.05) is 12.3 Å². The minimum absolute atomic E-state index is 0.0239. The number of hydrogen-bond acceptors (Lipinski definition) is 5. The fourth-order valence-corrected chi connectivity index (χ4v) is 12.3. The quantitative estimate of drug-likeness (QED) is 0.294. The maximum absolute atomic E-state index is 12.7. The largest absolute Gasteiger partial charge is 0.481 e. The fourth-order valence-electron chi connectivity index (χ4n) is 12.3. The van der Waals surface area contributed by atoms with Crippen LogP contribution in [0.15, 0.2) is 23.9 Å². The van der Waals surface area contributed by atoms with Crippen LogP contribution in [0.5, 0.6) is 0 Å².